The van der Waals surface area contributed by atoms with E-state index in [9.17, 15) is 0 Å². The molecule has 2 aromatic heterocycles. The van der Waals surface area contributed by atoms with Gasteiger partial charge in [0.15, 0.2) is 0 Å². The first kappa shape index (κ1) is 11.1. The lowest BCUT2D eigenvalue weighted by atomic mass is 9.98. The Morgan fingerprint density at radius 3 is 3.24 bits per heavy atom. The van der Waals surface area contributed by atoms with Crippen molar-refractivity contribution in [3.63, 3.8) is 0 Å². The van der Waals surface area contributed by atoms with Crippen LogP contribution in [0.4, 0.5) is 0 Å². The van der Waals surface area contributed by atoms with Crippen LogP contribution in [0.1, 0.15) is 18.7 Å². The fourth-order valence-corrected chi connectivity index (χ4v) is 2.71. The molecule has 1 unspecified atom stereocenters. The van der Waals surface area contributed by atoms with E-state index in [1.165, 1.54) is 6.42 Å². The smallest absolute Gasteiger partial charge is 0.114 e. The third-order valence-corrected chi connectivity index (χ3v) is 3.60. The summed E-state index contributed by atoms with van der Waals surface area (Å²) in [7, 11) is 0. The van der Waals surface area contributed by atoms with Crippen LogP contribution < -0.4 is 0 Å². The lowest BCUT2D eigenvalue weighted by Crippen LogP contribution is -2.20. The number of rotatable bonds is 2. The number of aromatic nitrogens is 2. The monoisotopic (exact) mass is 250 g/mol. The Morgan fingerprint density at radius 1 is 1.47 bits per heavy atom. The van der Waals surface area contributed by atoms with Crippen molar-refractivity contribution in [2.24, 2.45) is 5.92 Å². The van der Waals surface area contributed by atoms with Gasteiger partial charge < -0.3 is 4.74 Å². The maximum atomic E-state index is 6.21. The van der Waals surface area contributed by atoms with E-state index in [2.05, 4.69) is 4.98 Å². The fourth-order valence-electron chi connectivity index (χ4n) is 2.44. The van der Waals surface area contributed by atoms with Crippen molar-refractivity contribution >= 4 is 17.1 Å². The molecule has 1 fully saturated rings. The quantitative estimate of drug-likeness (QED) is 0.766. The molecule has 4 heteroatoms. The molecule has 0 saturated carbocycles. The number of fused-ring (bicyclic) bond motifs is 1. The van der Waals surface area contributed by atoms with Gasteiger partial charge in [0.2, 0.25) is 0 Å². The number of hydrogen-bond donors (Lipinski definition) is 0. The highest BCUT2D eigenvalue weighted by Gasteiger charge is 2.17. The summed E-state index contributed by atoms with van der Waals surface area (Å²) in [4.78, 5) is 4.47. The molecular weight excluding hydrogens is 236 g/mol. The highest BCUT2D eigenvalue weighted by atomic mass is 35.5. The average Bonchev–Trinajstić information content (AvgIpc) is 2.75. The summed E-state index contributed by atoms with van der Waals surface area (Å²) in [6.45, 7) is 1.75. The predicted molar refractivity (Wildman–Crippen MR) is 67.4 cm³/mol. The standard InChI is InChI=1S/C13H15ClN2O/c14-12-5-1-4-11-8-15-13(16(11)12)7-10-3-2-6-17-9-10/h1,4-5,8,10H,2-3,6-7,9H2. The Kier molecular flexibility index (Phi) is 3.04. The van der Waals surface area contributed by atoms with Gasteiger partial charge in [0.25, 0.3) is 0 Å². The van der Waals surface area contributed by atoms with Crippen molar-refractivity contribution in [3.05, 3.63) is 35.4 Å². The molecule has 17 heavy (non-hydrogen) atoms. The molecule has 90 valence electrons. The molecule has 0 aromatic carbocycles. The van der Waals surface area contributed by atoms with Crippen molar-refractivity contribution in [1.29, 1.82) is 0 Å². The lowest BCUT2D eigenvalue weighted by Gasteiger charge is -2.21. The lowest BCUT2D eigenvalue weighted by molar-refractivity contribution is 0.0542. The highest BCUT2D eigenvalue weighted by molar-refractivity contribution is 6.29. The van der Waals surface area contributed by atoms with E-state index in [1.54, 1.807) is 0 Å². The summed E-state index contributed by atoms with van der Waals surface area (Å²) in [5.41, 5.74) is 1.06. The second-order valence-corrected chi connectivity index (χ2v) is 4.96. The van der Waals surface area contributed by atoms with Gasteiger partial charge in [-0.05, 0) is 30.9 Å². The molecular formula is C13H15ClN2O. The third-order valence-electron chi connectivity index (χ3n) is 3.30. The van der Waals surface area contributed by atoms with E-state index >= 15 is 0 Å². The first-order valence-electron chi connectivity index (χ1n) is 6.03. The van der Waals surface area contributed by atoms with Crippen LogP contribution in [-0.4, -0.2) is 22.6 Å². The minimum atomic E-state index is 0.575. The molecule has 0 N–H and O–H groups in total. The molecule has 0 bridgehead atoms. The number of imidazole rings is 1. The van der Waals surface area contributed by atoms with E-state index in [4.69, 9.17) is 16.3 Å². The molecule has 1 saturated heterocycles. The maximum absolute atomic E-state index is 6.21. The van der Waals surface area contributed by atoms with Gasteiger partial charge in [-0.1, -0.05) is 17.7 Å². The second kappa shape index (κ2) is 4.67. The van der Waals surface area contributed by atoms with Crippen LogP contribution in [0.2, 0.25) is 5.15 Å². The van der Waals surface area contributed by atoms with E-state index in [1.807, 2.05) is 28.8 Å². The fraction of sp³-hybridized carbons (Fsp3) is 0.462. The Hall–Kier alpha value is -1.06. The molecule has 1 aliphatic rings. The molecule has 3 heterocycles. The SMILES string of the molecule is Clc1cccc2cnc(CC3CCCOC3)n12. The summed E-state index contributed by atoms with van der Waals surface area (Å²) >= 11 is 6.21. The zero-order chi connectivity index (χ0) is 11.7. The number of pyridine rings is 1. The number of nitrogens with zero attached hydrogens (tertiary/aromatic N) is 2. The third kappa shape index (κ3) is 2.17. The summed E-state index contributed by atoms with van der Waals surface area (Å²) in [5.74, 6) is 1.62. The molecule has 0 aliphatic carbocycles. The van der Waals surface area contributed by atoms with Crippen LogP contribution in [0, 0.1) is 5.92 Å². The number of halogens is 1. The second-order valence-electron chi connectivity index (χ2n) is 4.57. The van der Waals surface area contributed by atoms with Crippen molar-refractivity contribution in [2.75, 3.05) is 13.2 Å². The largest absolute Gasteiger partial charge is 0.381 e. The van der Waals surface area contributed by atoms with Gasteiger partial charge >= 0.3 is 0 Å². The maximum Gasteiger partial charge on any atom is 0.114 e. The van der Waals surface area contributed by atoms with Crippen LogP contribution in [0.3, 0.4) is 0 Å². The van der Waals surface area contributed by atoms with Gasteiger partial charge in [-0.15, -0.1) is 0 Å². The van der Waals surface area contributed by atoms with Crippen molar-refractivity contribution < 1.29 is 4.74 Å². The van der Waals surface area contributed by atoms with Crippen LogP contribution in [-0.2, 0) is 11.2 Å². The van der Waals surface area contributed by atoms with Crippen LogP contribution in [0.5, 0.6) is 0 Å². The predicted octanol–water partition coefficient (Wildman–Crippen LogP) is 2.96. The molecule has 3 rings (SSSR count). The topological polar surface area (TPSA) is 26.5 Å². The van der Waals surface area contributed by atoms with E-state index in [0.29, 0.717) is 5.92 Å². The Balaban J connectivity index is 1.89. The zero-order valence-electron chi connectivity index (χ0n) is 9.60. The van der Waals surface area contributed by atoms with Gasteiger partial charge in [-0.25, -0.2) is 4.98 Å². The molecule has 0 spiro atoms. The van der Waals surface area contributed by atoms with E-state index < -0.39 is 0 Å². The van der Waals surface area contributed by atoms with Gasteiger partial charge in [0.05, 0.1) is 11.7 Å². The summed E-state index contributed by atoms with van der Waals surface area (Å²) in [6, 6.07) is 5.88. The van der Waals surface area contributed by atoms with Crippen LogP contribution >= 0.6 is 11.6 Å². The van der Waals surface area contributed by atoms with Gasteiger partial charge in [0.1, 0.15) is 11.0 Å². The molecule has 0 amide bonds. The average molecular weight is 251 g/mol. The summed E-state index contributed by atoms with van der Waals surface area (Å²) in [6.07, 6.45) is 5.20. The highest BCUT2D eigenvalue weighted by Crippen LogP contribution is 2.21. The van der Waals surface area contributed by atoms with E-state index in [0.717, 1.165) is 42.5 Å². The normalized spacial score (nSPS) is 20.9. The summed E-state index contributed by atoms with van der Waals surface area (Å²) in [5, 5.41) is 0.728. The zero-order valence-corrected chi connectivity index (χ0v) is 10.4. The molecule has 2 aromatic rings. The first-order valence-corrected chi connectivity index (χ1v) is 6.41. The minimum absolute atomic E-state index is 0.575. The van der Waals surface area contributed by atoms with Crippen molar-refractivity contribution in [3.8, 4) is 0 Å². The molecule has 0 radical (unpaired) electrons. The summed E-state index contributed by atoms with van der Waals surface area (Å²) < 4.78 is 7.53. The first-order chi connectivity index (χ1) is 8.34. The molecule has 1 aliphatic heterocycles. The van der Waals surface area contributed by atoms with Crippen LogP contribution in [0.15, 0.2) is 24.4 Å². The molecule has 1 atom stereocenters. The van der Waals surface area contributed by atoms with Gasteiger partial charge in [0, 0.05) is 19.6 Å². The van der Waals surface area contributed by atoms with E-state index in [-0.39, 0.29) is 0 Å². The minimum Gasteiger partial charge on any atom is -0.381 e. The number of hydrogen-bond acceptors (Lipinski definition) is 2. The van der Waals surface area contributed by atoms with Crippen molar-refractivity contribution in [2.45, 2.75) is 19.3 Å². The Bertz CT molecular complexity index is 517. The molecule has 3 nitrogen and oxygen atoms in total. The van der Waals surface area contributed by atoms with Gasteiger partial charge in [-0.2, -0.15) is 0 Å². The van der Waals surface area contributed by atoms with Crippen molar-refractivity contribution in [1.82, 2.24) is 9.38 Å². The Labute approximate surface area is 105 Å². The Morgan fingerprint density at radius 2 is 2.41 bits per heavy atom. The number of ether oxygens (including phenoxy) is 1. The van der Waals surface area contributed by atoms with Gasteiger partial charge in [-0.3, -0.25) is 4.40 Å². The van der Waals surface area contributed by atoms with Crippen LogP contribution in [0.25, 0.3) is 5.52 Å².